The number of rotatable bonds is 6. The molecule has 114 valence electrons. The van der Waals surface area contributed by atoms with E-state index in [1.165, 1.54) is 24.3 Å². The maximum absolute atomic E-state index is 11.9. The number of hydrogen-bond donors (Lipinski definition) is 3. The highest BCUT2D eigenvalue weighted by Gasteiger charge is 2.18. The molecule has 6 heteroatoms. The van der Waals surface area contributed by atoms with Gasteiger partial charge in [-0.3, -0.25) is 9.59 Å². The zero-order valence-electron chi connectivity index (χ0n) is 12.3. The zero-order valence-corrected chi connectivity index (χ0v) is 12.3. The van der Waals surface area contributed by atoms with Crippen molar-refractivity contribution in [2.45, 2.75) is 39.3 Å². The summed E-state index contributed by atoms with van der Waals surface area (Å²) in [5.41, 5.74) is 0.765. The van der Waals surface area contributed by atoms with Crippen molar-refractivity contribution >= 4 is 17.8 Å². The van der Waals surface area contributed by atoms with Crippen LogP contribution in [0.3, 0.4) is 0 Å². The number of aliphatic carboxylic acids is 1. The molecule has 1 atom stereocenters. The predicted molar refractivity (Wildman–Crippen MR) is 78.2 cm³/mol. The Bertz CT molecular complexity index is 523. The second kappa shape index (κ2) is 7.42. The number of carbonyl (C=O) groups excluding carboxylic acids is 2. The predicted octanol–water partition coefficient (Wildman–Crippen LogP) is 1.42. The SMILES string of the molecule is CCC(NC(=O)c1ccc(C(=O)NC(C)C)cc1)C(=O)O. The molecule has 0 radical (unpaired) electrons. The van der Waals surface area contributed by atoms with Crippen molar-refractivity contribution < 1.29 is 19.5 Å². The molecule has 1 aromatic rings. The maximum atomic E-state index is 11.9. The van der Waals surface area contributed by atoms with E-state index < -0.39 is 17.9 Å². The van der Waals surface area contributed by atoms with Gasteiger partial charge in [-0.15, -0.1) is 0 Å². The molecule has 1 unspecified atom stereocenters. The first kappa shape index (κ1) is 16.7. The summed E-state index contributed by atoms with van der Waals surface area (Å²) in [5, 5.41) is 14.1. The van der Waals surface area contributed by atoms with Gasteiger partial charge < -0.3 is 15.7 Å². The lowest BCUT2D eigenvalue weighted by Crippen LogP contribution is -2.40. The lowest BCUT2D eigenvalue weighted by atomic mass is 10.1. The van der Waals surface area contributed by atoms with Gasteiger partial charge in [-0.25, -0.2) is 4.79 Å². The summed E-state index contributed by atoms with van der Waals surface area (Å²) < 4.78 is 0. The molecule has 6 nitrogen and oxygen atoms in total. The van der Waals surface area contributed by atoms with Crippen LogP contribution in [0.2, 0.25) is 0 Å². The van der Waals surface area contributed by atoms with Crippen molar-refractivity contribution in [1.29, 1.82) is 0 Å². The molecule has 0 spiro atoms. The number of amides is 2. The molecule has 1 rings (SSSR count). The third-order valence-electron chi connectivity index (χ3n) is 2.84. The first-order chi connectivity index (χ1) is 9.85. The molecular weight excluding hydrogens is 272 g/mol. The van der Waals surface area contributed by atoms with Crippen molar-refractivity contribution in [3.05, 3.63) is 35.4 Å². The Hall–Kier alpha value is -2.37. The van der Waals surface area contributed by atoms with E-state index in [4.69, 9.17) is 5.11 Å². The minimum absolute atomic E-state index is 0.0290. The lowest BCUT2D eigenvalue weighted by Gasteiger charge is -2.12. The molecule has 0 aliphatic heterocycles. The van der Waals surface area contributed by atoms with E-state index in [0.717, 1.165) is 0 Å². The first-order valence-corrected chi connectivity index (χ1v) is 6.79. The van der Waals surface area contributed by atoms with E-state index in [1.54, 1.807) is 6.92 Å². The Morgan fingerprint density at radius 3 is 1.76 bits per heavy atom. The molecule has 0 aromatic heterocycles. The second-order valence-corrected chi connectivity index (χ2v) is 4.98. The van der Waals surface area contributed by atoms with Gasteiger partial charge in [0.1, 0.15) is 6.04 Å². The average Bonchev–Trinajstić information content (AvgIpc) is 2.43. The van der Waals surface area contributed by atoms with E-state index in [2.05, 4.69) is 10.6 Å². The van der Waals surface area contributed by atoms with Crippen molar-refractivity contribution in [3.8, 4) is 0 Å². The van der Waals surface area contributed by atoms with Crippen LogP contribution in [0, 0.1) is 0 Å². The number of nitrogens with one attached hydrogen (secondary N) is 2. The summed E-state index contributed by atoms with van der Waals surface area (Å²) in [6, 6.07) is 5.18. The summed E-state index contributed by atoms with van der Waals surface area (Å²) in [6.07, 6.45) is 0.302. The average molecular weight is 292 g/mol. The van der Waals surface area contributed by atoms with E-state index >= 15 is 0 Å². The summed E-state index contributed by atoms with van der Waals surface area (Å²) in [6.45, 7) is 5.39. The van der Waals surface area contributed by atoms with Gasteiger partial charge in [-0.2, -0.15) is 0 Å². The van der Waals surface area contributed by atoms with Gasteiger partial charge in [0.25, 0.3) is 11.8 Å². The molecule has 0 aliphatic rings. The van der Waals surface area contributed by atoms with Crippen LogP contribution >= 0.6 is 0 Å². The summed E-state index contributed by atoms with van der Waals surface area (Å²) >= 11 is 0. The Morgan fingerprint density at radius 2 is 1.43 bits per heavy atom. The van der Waals surface area contributed by atoms with Gasteiger partial charge in [0, 0.05) is 17.2 Å². The number of carbonyl (C=O) groups is 3. The topological polar surface area (TPSA) is 95.5 Å². The second-order valence-electron chi connectivity index (χ2n) is 4.98. The van der Waals surface area contributed by atoms with Gasteiger partial charge in [0.15, 0.2) is 0 Å². The van der Waals surface area contributed by atoms with Crippen molar-refractivity contribution in [3.63, 3.8) is 0 Å². The highest BCUT2D eigenvalue weighted by molar-refractivity contribution is 5.99. The fourth-order valence-electron chi connectivity index (χ4n) is 1.70. The van der Waals surface area contributed by atoms with Gasteiger partial charge in [0.2, 0.25) is 0 Å². The van der Waals surface area contributed by atoms with E-state index in [1.807, 2.05) is 13.8 Å². The molecule has 0 saturated heterocycles. The lowest BCUT2D eigenvalue weighted by molar-refractivity contribution is -0.139. The molecule has 21 heavy (non-hydrogen) atoms. The highest BCUT2D eigenvalue weighted by Crippen LogP contribution is 2.06. The van der Waals surface area contributed by atoms with Gasteiger partial charge in [-0.05, 0) is 44.5 Å². The van der Waals surface area contributed by atoms with Crippen molar-refractivity contribution in [2.75, 3.05) is 0 Å². The van der Waals surface area contributed by atoms with E-state index in [-0.39, 0.29) is 11.9 Å². The van der Waals surface area contributed by atoms with E-state index in [0.29, 0.717) is 17.5 Å². The van der Waals surface area contributed by atoms with Crippen LogP contribution in [0.1, 0.15) is 47.9 Å². The molecule has 0 heterocycles. The Balaban J connectivity index is 2.75. The fraction of sp³-hybridized carbons (Fsp3) is 0.400. The van der Waals surface area contributed by atoms with Crippen LogP contribution in [0.15, 0.2) is 24.3 Å². The molecule has 0 fully saturated rings. The maximum Gasteiger partial charge on any atom is 0.326 e. The zero-order chi connectivity index (χ0) is 16.0. The third-order valence-corrected chi connectivity index (χ3v) is 2.84. The standard InChI is InChI=1S/C15H20N2O4/c1-4-12(15(20)21)17-14(19)11-7-5-10(6-8-11)13(18)16-9(2)3/h5-9,12H,4H2,1-3H3,(H,16,18)(H,17,19)(H,20,21). The Labute approximate surface area is 123 Å². The first-order valence-electron chi connectivity index (χ1n) is 6.79. The quantitative estimate of drug-likeness (QED) is 0.739. The van der Waals surface area contributed by atoms with Crippen LogP contribution in [0.25, 0.3) is 0 Å². The normalized spacial score (nSPS) is 11.8. The number of carboxylic acid groups (broad SMARTS) is 1. The largest absolute Gasteiger partial charge is 0.480 e. The van der Waals surface area contributed by atoms with Crippen LogP contribution in [-0.2, 0) is 4.79 Å². The van der Waals surface area contributed by atoms with Crippen LogP contribution < -0.4 is 10.6 Å². The van der Waals surface area contributed by atoms with Crippen LogP contribution in [0.4, 0.5) is 0 Å². The fourth-order valence-corrected chi connectivity index (χ4v) is 1.70. The monoisotopic (exact) mass is 292 g/mol. The van der Waals surface area contributed by atoms with E-state index in [9.17, 15) is 14.4 Å². The minimum Gasteiger partial charge on any atom is -0.480 e. The number of carboxylic acids is 1. The molecule has 0 bridgehead atoms. The third kappa shape index (κ3) is 4.91. The summed E-state index contributed by atoms with van der Waals surface area (Å²) in [5.74, 6) is -1.76. The summed E-state index contributed by atoms with van der Waals surface area (Å²) in [7, 11) is 0. The minimum atomic E-state index is -1.07. The molecular formula is C15H20N2O4. The van der Waals surface area contributed by atoms with Crippen molar-refractivity contribution in [1.82, 2.24) is 10.6 Å². The Morgan fingerprint density at radius 1 is 1.00 bits per heavy atom. The van der Waals surface area contributed by atoms with Crippen LogP contribution in [0.5, 0.6) is 0 Å². The highest BCUT2D eigenvalue weighted by atomic mass is 16.4. The number of hydrogen-bond acceptors (Lipinski definition) is 3. The molecule has 0 aliphatic carbocycles. The molecule has 1 aromatic carbocycles. The van der Waals surface area contributed by atoms with Crippen LogP contribution in [-0.4, -0.2) is 35.0 Å². The van der Waals surface area contributed by atoms with Gasteiger partial charge in [-0.1, -0.05) is 6.92 Å². The van der Waals surface area contributed by atoms with Crippen molar-refractivity contribution in [2.24, 2.45) is 0 Å². The van der Waals surface area contributed by atoms with Gasteiger partial charge >= 0.3 is 5.97 Å². The Kier molecular flexibility index (Phi) is 5.90. The molecule has 0 saturated carbocycles. The molecule has 2 amide bonds. The molecule has 3 N–H and O–H groups in total. The number of benzene rings is 1. The smallest absolute Gasteiger partial charge is 0.326 e. The van der Waals surface area contributed by atoms with Gasteiger partial charge in [0.05, 0.1) is 0 Å². The summed E-state index contributed by atoms with van der Waals surface area (Å²) in [4.78, 5) is 34.5.